The molecule has 2 aromatic heterocycles. The smallest absolute Gasteiger partial charge is 0.216 e. The van der Waals surface area contributed by atoms with E-state index >= 15 is 0 Å². The molecule has 0 radical (unpaired) electrons. The van der Waals surface area contributed by atoms with Gasteiger partial charge in [0.15, 0.2) is 17.3 Å². The Morgan fingerprint density at radius 3 is 2.60 bits per heavy atom. The van der Waals surface area contributed by atoms with Crippen molar-refractivity contribution in [3.8, 4) is 28.6 Å². The average molecular weight is 357 g/mol. The number of benzene rings is 1. The highest BCUT2D eigenvalue weighted by molar-refractivity contribution is 7.71. The van der Waals surface area contributed by atoms with Gasteiger partial charge in [0.2, 0.25) is 10.5 Å². The minimum absolute atomic E-state index is 0.0712. The lowest BCUT2D eigenvalue weighted by atomic mass is 10.2. The Bertz CT molecular complexity index is 940. The summed E-state index contributed by atoms with van der Waals surface area (Å²) < 4.78 is 12.1. The molecule has 0 unspecified atom stereocenters. The lowest BCUT2D eigenvalue weighted by molar-refractivity contribution is 0.340. The lowest BCUT2D eigenvalue weighted by Gasteiger charge is -2.09. The second kappa shape index (κ2) is 7.14. The lowest BCUT2D eigenvalue weighted by Crippen LogP contribution is -1.96. The maximum Gasteiger partial charge on any atom is 0.216 e. The van der Waals surface area contributed by atoms with Crippen molar-refractivity contribution in [1.29, 1.82) is 0 Å². The van der Waals surface area contributed by atoms with Crippen molar-refractivity contribution in [3.63, 3.8) is 0 Å². The molecular weight excluding hydrogens is 342 g/mol. The van der Waals surface area contributed by atoms with Crippen molar-refractivity contribution in [2.45, 2.75) is 0 Å². The number of pyridine rings is 1. The van der Waals surface area contributed by atoms with Gasteiger partial charge in [0.25, 0.3) is 0 Å². The topological polar surface area (TPSA) is 97.6 Å². The Balaban J connectivity index is 2.01. The van der Waals surface area contributed by atoms with Crippen LogP contribution in [0.25, 0.3) is 11.4 Å². The van der Waals surface area contributed by atoms with Gasteiger partial charge >= 0.3 is 0 Å². The summed E-state index contributed by atoms with van der Waals surface area (Å²) in [6.07, 6.45) is 4.91. The van der Waals surface area contributed by atoms with Crippen molar-refractivity contribution >= 4 is 18.4 Å². The number of nitrogens with zero attached hydrogens (tertiary/aromatic N) is 4. The third-order valence-corrected chi connectivity index (χ3v) is 3.66. The molecule has 0 spiro atoms. The highest BCUT2D eigenvalue weighted by Gasteiger charge is 2.11. The molecule has 0 atom stereocenters. The fourth-order valence-corrected chi connectivity index (χ4v) is 2.37. The minimum Gasteiger partial charge on any atom is -0.502 e. The largest absolute Gasteiger partial charge is 0.502 e. The molecule has 0 saturated heterocycles. The number of rotatable bonds is 5. The standard InChI is InChI=1S/C16H15N5O3S/c1-23-12-6-10(7-13(24-2)14(12)22)8-18-21-15(19-20-16(21)25)11-4-3-5-17-9-11/h3-9,22H,1-2H3,(H,20,25)/b18-8-. The zero-order valence-corrected chi connectivity index (χ0v) is 14.3. The summed E-state index contributed by atoms with van der Waals surface area (Å²) in [5, 5.41) is 21.2. The van der Waals surface area contributed by atoms with Gasteiger partial charge in [0, 0.05) is 23.5 Å². The van der Waals surface area contributed by atoms with Crippen LogP contribution in [-0.4, -0.2) is 45.4 Å². The van der Waals surface area contributed by atoms with Crippen molar-refractivity contribution in [2.75, 3.05) is 14.2 Å². The number of ether oxygens (including phenoxy) is 2. The number of aromatic amines is 1. The molecule has 128 valence electrons. The van der Waals surface area contributed by atoms with Crippen LogP contribution in [0.1, 0.15) is 5.56 Å². The molecule has 0 saturated carbocycles. The van der Waals surface area contributed by atoms with E-state index in [0.717, 1.165) is 5.56 Å². The van der Waals surface area contributed by atoms with Crippen molar-refractivity contribution in [1.82, 2.24) is 19.9 Å². The predicted octanol–water partition coefficient (Wildman–Crippen LogP) is 2.61. The number of hydrogen-bond donors (Lipinski definition) is 2. The van der Waals surface area contributed by atoms with E-state index in [1.165, 1.54) is 18.9 Å². The van der Waals surface area contributed by atoms with Crippen LogP contribution in [0.15, 0.2) is 41.8 Å². The molecule has 0 amide bonds. The number of phenols is 1. The summed E-state index contributed by atoms with van der Waals surface area (Å²) in [5.74, 6) is 1.03. The van der Waals surface area contributed by atoms with Crippen LogP contribution < -0.4 is 9.47 Å². The Morgan fingerprint density at radius 1 is 1.28 bits per heavy atom. The number of H-pyrrole nitrogens is 1. The fraction of sp³-hybridized carbons (Fsp3) is 0.125. The number of aromatic nitrogens is 4. The van der Waals surface area contributed by atoms with E-state index in [9.17, 15) is 5.11 Å². The molecule has 8 nitrogen and oxygen atoms in total. The van der Waals surface area contributed by atoms with Crippen LogP contribution in [0.3, 0.4) is 0 Å². The molecule has 0 aliphatic carbocycles. The summed E-state index contributed by atoms with van der Waals surface area (Å²) in [4.78, 5) is 4.07. The van der Waals surface area contributed by atoms with E-state index in [4.69, 9.17) is 21.7 Å². The quantitative estimate of drug-likeness (QED) is 0.538. The van der Waals surface area contributed by atoms with E-state index < -0.39 is 0 Å². The molecule has 9 heteroatoms. The van der Waals surface area contributed by atoms with Gasteiger partial charge in [0.1, 0.15) is 0 Å². The fourth-order valence-electron chi connectivity index (χ4n) is 2.19. The normalized spacial score (nSPS) is 11.0. The van der Waals surface area contributed by atoms with Crippen LogP contribution in [-0.2, 0) is 0 Å². The zero-order valence-electron chi connectivity index (χ0n) is 13.5. The molecule has 0 bridgehead atoms. The van der Waals surface area contributed by atoms with Gasteiger partial charge < -0.3 is 14.6 Å². The van der Waals surface area contributed by atoms with E-state index in [-0.39, 0.29) is 17.2 Å². The zero-order chi connectivity index (χ0) is 17.8. The van der Waals surface area contributed by atoms with Crippen molar-refractivity contribution in [3.05, 3.63) is 47.0 Å². The Kier molecular flexibility index (Phi) is 4.75. The third-order valence-electron chi connectivity index (χ3n) is 3.39. The van der Waals surface area contributed by atoms with Gasteiger partial charge in [0.05, 0.1) is 20.4 Å². The average Bonchev–Trinajstić information content (AvgIpc) is 3.02. The second-order valence-electron chi connectivity index (χ2n) is 4.92. The van der Waals surface area contributed by atoms with E-state index in [2.05, 4.69) is 20.3 Å². The van der Waals surface area contributed by atoms with E-state index in [1.807, 2.05) is 6.07 Å². The minimum atomic E-state index is -0.0712. The highest BCUT2D eigenvalue weighted by Crippen LogP contribution is 2.36. The van der Waals surface area contributed by atoms with Crippen LogP contribution in [0.4, 0.5) is 0 Å². The Hall–Kier alpha value is -3.20. The first-order valence-electron chi connectivity index (χ1n) is 7.21. The molecule has 3 aromatic rings. The molecular formula is C16H15N5O3S. The van der Waals surface area contributed by atoms with Crippen LogP contribution >= 0.6 is 12.2 Å². The number of nitrogens with one attached hydrogen (secondary N) is 1. The molecule has 25 heavy (non-hydrogen) atoms. The molecule has 3 rings (SSSR count). The summed E-state index contributed by atoms with van der Waals surface area (Å²) in [7, 11) is 2.92. The first-order chi connectivity index (χ1) is 12.1. The number of phenolic OH excluding ortho intramolecular Hbond substituents is 1. The van der Waals surface area contributed by atoms with Gasteiger partial charge in [-0.15, -0.1) is 0 Å². The monoisotopic (exact) mass is 357 g/mol. The van der Waals surface area contributed by atoms with Crippen molar-refractivity contribution < 1.29 is 14.6 Å². The van der Waals surface area contributed by atoms with Gasteiger partial charge in [-0.2, -0.15) is 14.9 Å². The summed E-state index contributed by atoms with van der Waals surface area (Å²) >= 11 is 5.23. The van der Waals surface area contributed by atoms with Gasteiger partial charge in [-0.25, -0.2) is 5.10 Å². The highest BCUT2D eigenvalue weighted by atomic mass is 32.1. The second-order valence-corrected chi connectivity index (χ2v) is 5.31. The maximum absolute atomic E-state index is 9.96. The third kappa shape index (κ3) is 3.36. The summed E-state index contributed by atoms with van der Waals surface area (Å²) in [6, 6.07) is 6.93. The molecule has 1 aromatic carbocycles. The van der Waals surface area contributed by atoms with Gasteiger partial charge in [-0.3, -0.25) is 4.98 Å². The Labute approximate surface area is 148 Å². The van der Waals surface area contributed by atoms with Crippen LogP contribution in [0, 0.1) is 4.77 Å². The first kappa shape index (κ1) is 16.7. The van der Waals surface area contributed by atoms with E-state index in [0.29, 0.717) is 16.2 Å². The summed E-state index contributed by atoms with van der Waals surface area (Å²) in [6.45, 7) is 0. The number of aromatic hydroxyl groups is 1. The van der Waals surface area contributed by atoms with Gasteiger partial charge in [-0.05, 0) is 36.5 Å². The number of methoxy groups -OCH3 is 2. The molecule has 2 N–H and O–H groups in total. The van der Waals surface area contributed by atoms with Crippen LogP contribution in [0.2, 0.25) is 0 Å². The van der Waals surface area contributed by atoms with Gasteiger partial charge in [-0.1, -0.05) is 0 Å². The number of hydrogen-bond acceptors (Lipinski definition) is 7. The predicted molar refractivity (Wildman–Crippen MR) is 94.8 cm³/mol. The molecule has 0 aliphatic heterocycles. The van der Waals surface area contributed by atoms with Crippen molar-refractivity contribution in [2.24, 2.45) is 5.10 Å². The summed E-state index contributed by atoms with van der Waals surface area (Å²) in [5.41, 5.74) is 1.43. The SMILES string of the molecule is COc1cc(/C=N\n2c(-c3cccnc3)n[nH]c2=S)cc(OC)c1O. The first-order valence-corrected chi connectivity index (χ1v) is 7.62. The molecule has 2 heterocycles. The molecule has 0 aliphatic rings. The molecule has 0 fully saturated rings. The van der Waals surface area contributed by atoms with E-state index in [1.54, 1.807) is 36.8 Å². The maximum atomic E-state index is 9.96. The van der Waals surface area contributed by atoms with Crippen LogP contribution in [0.5, 0.6) is 17.2 Å². The Morgan fingerprint density at radius 2 is 2.00 bits per heavy atom.